The minimum Gasteiger partial charge on any atom is -0.460 e. The molecule has 0 unspecified atom stereocenters. The van der Waals surface area contributed by atoms with E-state index in [1.165, 1.54) is 6.07 Å². The van der Waals surface area contributed by atoms with Crippen molar-refractivity contribution in [3.05, 3.63) is 45.3 Å². The zero-order valence-electron chi connectivity index (χ0n) is 15.6. The van der Waals surface area contributed by atoms with Crippen LogP contribution < -0.4 is 5.43 Å². The second-order valence-electron chi connectivity index (χ2n) is 8.10. The van der Waals surface area contributed by atoms with Crippen molar-refractivity contribution >= 4 is 16.9 Å². The van der Waals surface area contributed by atoms with Gasteiger partial charge < -0.3 is 9.15 Å². The Balaban J connectivity index is 2.87. The van der Waals surface area contributed by atoms with Crippen LogP contribution in [-0.2, 0) is 15.6 Å². The summed E-state index contributed by atoms with van der Waals surface area (Å²) in [6, 6.07) is 5.16. The van der Waals surface area contributed by atoms with Crippen LogP contribution in [0, 0.1) is 0 Å². The van der Waals surface area contributed by atoms with Crippen LogP contribution in [0.2, 0.25) is 0 Å². The molecule has 0 aliphatic carbocycles. The third-order valence-electron chi connectivity index (χ3n) is 3.98. The zero-order chi connectivity index (χ0) is 18.3. The molecule has 0 N–H and O–H groups in total. The fraction of sp³-hybridized carbons (Fsp3) is 0.500. The van der Waals surface area contributed by atoms with E-state index in [4.69, 9.17) is 9.15 Å². The van der Waals surface area contributed by atoms with E-state index in [1.807, 2.05) is 6.07 Å². The number of hydrogen-bond acceptors (Lipinski definition) is 4. The van der Waals surface area contributed by atoms with E-state index in [0.717, 1.165) is 11.1 Å². The van der Waals surface area contributed by atoms with E-state index in [1.54, 1.807) is 6.92 Å². The van der Waals surface area contributed by atoms with Crippen molar-refractivity contribution in [1.29, 1.82) is 0 Å². The lowest BCUT2D eigenvalue weighted by atomic mass is 9.79. The Morgan fingerprint density at radius 3 is 2.17 bits per heavy atom. The Labute approximate surface area is 142 Å². The molecule has 0 saturated heterocycles. The van der Waals surface area contributed by atoms with Crippen LogP contribution >= 0.6 is 0 Å². The van der Waals surface area contributed by atoms with Crippen molar-refractivity contribution in [1.82, 2.24) is 0 Å². The summed E-state index contributed by atoms with van der Waals surface area (Å²) in [6.07, 6.45) is 0. The Kier molecular flexibility index (Phi) is 4.62. The van der Waals surface area contributed by atoms with E-state index >= 15 is 0 Å². The third-order valence-corrected chi connectivity index (χ3v) is 3.98. The Morgan fingerprint density at radius 2 is 1.67 bits per heavy atom. The normalized spacial score (nSPS) is 12.5. The molecule has 0 bridgehead atoms. The van der Waals surface area contributed by atoms with Gasteiger partial charge in [-0.2, -0.15) is 0 Å². The van der Waals surface area contributed by atoms with E-state index < -0.39 is 5.97 Å². The van der Waals surface area contributed by atoms with Gasteiger partial charge >= 0.3 is 5.97 Å². The number of ether oxygens (including phenoxy) is 1. The summed E-state index contributed by atoms with van der Waals surface area (Å²) in [5.41, 5.74) is 1.88. The summed E-state index contributed by atoms with van der Waals surface area (Å²) in [5, 5.41) is 0.500. The summed E-state index contributed by atoms with van der Waals surface area (Å²) in [6.45, 7) is 14.4. The summed E-state index contributed by atoms with van der Waals surface area (Å²) in [4.78, 5) is 24.6. The van der Waals surface area contributed by atoms with Gasteiger partial charge in [0.2, 0.25) is 5.76 Å². The monoisotopic (exact) mass is 330 g/mol. The lowest BCUT2D eigenvalue weighted by Gasteiger charge is -2.26. The molecule has 2 aromatic rings. The van der Waals surface area contributed by atoms with Crippen molar-refractivity contribution in [3.63, 3.8) is 0 Å². The molecular weight excluding hydrogens is 304 g/mol. The number of rotatable bonds is 2. The molecule has 1 aromatic heterocycles. The number of carbonyl (C=O) groups excluding carboxylic acids is 1. The molecule has 0 aliphatic rings. The zero-order valence-corrected chi connectivity index (χ0v) is 15.6. The second kappa shape index (κ2) is 6.08. The van der Waals surface area contributed by atoms with Crippen molar-refractivity contribution in [3.8, 4) is 0 Å². The number of esters is 1. The average Bonchev–Trinajstić information content (AvgIpc) is 2.44. The summed E-state index contributed by atoms with van der Waals surface area (Å²) in [5.74, 6) is -0.667. The molecule has 0 fully saturated rings. The minimum absolute atomic E-state index is 0.0524. The first-order valence-corrected chi connectivity index (χ1v) is 8.25. The Morgan fingerprint density at radius 1 is 1.04 bits per heavy atom. The summed E-state index contributed by atoms with van der Waals surface area (Å²) < 4.78 is 10.8. The molecule has 0 spiro atoms. The molecule has 0 saturated carbocycles. The maximum absolute atomic E-state index is 12.6. The quantitative estimate of drug-likeness (QED) is 0.757. The molecule has 1 heterocycles. The first-order chi connectivity index (χ1) is 10.9. The van der Waals surface area contributed by atoms with E-state index in [2.05, 4.69) is 47.6 Å². The SMILES string of the molecule is CCOC(=O)c1cc(=O)c2cc(C(C)(C)C)cc(C(C)(C)C)c2o1. The van der Waals surface area contributed by atoms with Crippen LogP contribution in [-0.4, -0.2) is 12.6 Å². The number of fused-ring (bicyclic) bond motifs is 1. The van der Waals surface area contributed by atoms with Gasteiger partial charge in [-0.25, -0.2) is 4.79 Å². The van der Waals surface area contributed by atoms with Crippen LogP contribution in [0.25, 0.3) is 11.0 Å². The standard InChI is InChI=1S/C20H26O4/c1-8-23-18(22)16-11-15(21)13-9-12(19(2,3)4)10-14(17(13)24-16)20(5,6)7/h9-11H,8H2,1-7H3. The predicted octanol–water partition coefficient (Wildman–Crippen LogP) is 4.56. The molecule has 130 valence electrons. The molecule has 0 aliphatic heterocycles. The maximum atomic E-state index is 12.6. The van der Waals surface area contributed by atoms with Crippen LogP contribution in [0.15, 0.2) is 27.4 Å². The highest BCUT2D eigenvalue weighted by atomic mass is 16.5. The van der Waals surface area contributed by atoms with Gasteiger partial charge in [0.15, 0.2) is 5.43 Å². The van der Waals surface area contributed by atoms with Gasteiger partial charge in [-0.1, -0.05) is 47.6 Å². The number of carbonyl (C=O) groups is 1. The van der Waals surface area contributed by atoms with E-state index in [9.17, 15) is 9.59 Å². The predicted molar refractivity (Wildman–Crippen MR) is 95.8 cm³/mol. The van der Waals surface area contributed by atoms with Crippen molar-refractivity contribution in [2.24, 2.45) is 0 Å². The topological polar surface area (TPSA) is 56.5 Å². The van der Waals surface area contributed by atoms with Gasteiger partial charge in [-0.3, -0.25) is 4.79 Å². The fourth-order valence-corrected chi connectivity index (χ4v) is 2.55. The van der Waals surface area contributed by atoms with Crippen molar-refractivity contribution in [2.75, 3.05) is 6.61 Å². The molecule has 1 aromatic carbocycles. The number of benzene rings is 1. The molecule has 4 heteroatoms. The van der Waals surface area contributed by atoms with Gasteiger partial charge in [0, 0.05) is 11.6 Å². The fourth-order valence-electron chi connectivity index (χ4n) is 2.55. The second-order valence-corrected chi connectivity index (χ2v) is 8.10. The molecule has 0 radical (unpaired) electrons. The van der Waals surface area contributed by atoms with Gasteiger partial charge in [0.25, 0.3) is 0 Å². The van der Waals surface area contributed by atoms with E-state index in [-0.39, 0.29) is 28.6 Å². The smallest absolute Gasteiger partial charge is 0.374 e. The van der Waals surface area contributed by atoms with Crippen LogP contribution in [0.4, 0.5) is 0 Å². The van der Waals surface area contributed by atoms with Gasteiger partial charge in [0.1, 0.15) is 5.58 Å². The highest BCUT2D eigenvalue weighted by molar-refractivity contribution is 5.90. The van der Waals surface area contributed by atoms with Gasteiger partial charge in [-0.15, -0.1) is 0 Å². The Hall–Kier alpha value is -2.10. The Bertz CT molecular complexity index is 830. The maximum Gasteiger partial charge on any atom is 0.374 e. The highest BCUT2D eigenvalue weighted by Crippen LogP contribution is 2.34. The van der Waals surface area contributed by atoms with Crippen molar-refractivity contribution < 1.29 is 13.9 Å². The molecule has 0 atom stereocenters. The van der Waals surface area contributed by atoms with Crippen molar-refractivity contribution in [2.45, 2.75) is 59.3 Å². The van der Waals surface area contributed by atoms with E-state index in [0.29, 0.717) is 11.0 Å². The number of hydrogen-bond donors (Lipinski definition) is 0. The summed E-state index contributed by atoms with van der Waals surface area (Å²) >= 11 is 0. The molecular formula is C20H26O4. The molecule has 0 amide bonds. The van der Waals surface area contributed by atoms with Gasteiger partial charge in [0.05, 0.1) is 12.0 Å². The van der Waals surface area contributed by atoms with Crippen LogP contribution in [0.5, 0.6) is 0 Å². The molecule has 2 rings (SSSR count). The first-order valence-electron chi connectivity index (χ1n) is 8.25. The lowest BCUT2D eigenvalue weighted by Crippen LogP contribution is -2.19. The summed E-state index contributed by atoms with van der Waals surface area (Å²) in [7, 11) is 0. The largest absolute Gasteiger partial charge is 0.460 e. The lowest BCUT2D eigenvalue weighted by molar-refractivity contribution is 0.0490. The minimum atomic E-state index is -0.615. The van der Waals surface area contributed by atoms with Gasteiger partial charge in [-0.05, 0) is 29.4 Å². The molecule has 4 nitrogen and oxygen atoms in total. The first kappa shape index (κ1) is 18.2. The van der Waals surface area contributed by atoms with Crippen LogP contribution in [0.3, 0.4) is 0 Å². The molecule has 24 heavy (non-hydrogen) atoms. The third kappa shape index (κ3) is 3.53. The van der Waals surface area contributed by atoms with Crippen LogP contribution in [0.1, 0.15) is 70.1 Å². The average molecular weight is 330 g/mol. The highest BCUT2D eigenvalue weighted by Gasteiger charge is 2.25.